The maximum absolute atomic E-state index is 6.22. The highest BCUT2D eigenvalue weighted by molar-refractivity contribution is 5.73. The molecule has 1 aliphatic heterocycles. The average molecular weight is 332 g/mol. The lowest BCUT2D eigenvalue weighted by molar-refractivity contribution is 0.458. The number of anilines is 2. The minimum atomic E-state index is 0.416. The van der Waals surface area contributed by atoms with Gasteiger partial charge in [0.25, 0.3) is 0 Å². The van der Waals surface area contributed by atoms with Crippen LogP contribution in [0.3, 0.4) is 0 Å². The molecule has 1 aromatic carbocycles. The summed E-state index contributed by atoms with van der Waals surface area (Å²) in [6, 6.07) is 15.1. The largest absolute Gasteiger partial charge is 0.437 e. The van der Waals surface area contributed by atoms with Crippen molar-refractivity contribution in [1.29, 1.82) is 0 Å². The predicted octanol–water partition coefficient (Wildman–Crippen LogP) is 2.57. The van der Waals surface area contributed by atoms with Gasteiger partial charge >= 0.3 is 0 Å². The molecule has 1 aliphatic rings. The predicted molar refractivity (Wildman–Crippen MR) is 95.4 cm³/mol. The topological polar surface area (TPSA) is 98.0 Å². The Balaban J connectivity index is 1.52. The molecule has 7 heteroatoms. The molecule has 0 fully saturated rings. The van der Waals surface area contributed by atoms with Gasteiger partial charge in [-0.25, -0.2) is 9.97 Å². The highest BCUT2D eigenvalue weighted by atomic mass is 16.5. The van der Waals surface area contributed by atoms with Crippen LogP contribution in [0.4, 0.5) is 11.6 Å². The van der Waals surface area contributed by atoms with Crippen molar-refractivity contribution in [3.05, 3.63) is 78.2 Å². The Kier molecular flexibility index (Phi) is 3.88. The molecule has 0 bridgehead atoms. The van der Waals surface area contributed by atoms with Gasteiger partial charge in [0.05, 0.1) is 23.6 Å². The van der Waals surface area contributed by atoms with Crippen molar-refractivity contribution < 1.29 is 4.74 Å². The number of hydrogen-bond donors (Lipinski definition) is 3. The van der Waals surface area contributed by atoms with Crippen LogP contribution in [-0.4, -0.2) is 15.0 Å². The standard InChI is InChI=1S/C18H16N6O/c19-16(17-23-13-6-1-2-7-15(13)25-17)14-8-10-21-18(24-14)22-11-12-5-3-4-9-20-12/h1-10,23H,11,19H2,(H,21,22,24)/b17-16+. The molecule has 0 amide bonds. The van der Waals surface area contributed by atoms with Gasteiger partial charge in [-0.2, -0.15) is 0 Å². The molecule has 124 valence electrons. The normalized spacial score (nSPS) is 14.2. The van der Waals surface area contributed by atoms with Crippen molar-refractivity contribution in [2.45, 2.75) is 6.54 Å². The second-order valence-corrected chi connectivity index (χ2v) is 5.41. The molecule has 7 nitrogen and oxygen atoms in total. The van der Waals surface area contributed by atoms with Crippen molar-refractivity contribution in [3.63, 3.8) is 0 Å². The Morgan fingerprint density at radius 3 is 2.76 bits per heavy atom. The van der Waals surface area contributed by atoms with E-state index in [0.29, 0.717) is 29.8 Å². The summed E-state index contributed by atoms with van der Waals surface area (Å²) in [7, 11) is 0. The Labute approximate surface area is 144 Å². The van der Waals surface area contributed by atoms with E-state index in [4.69, 9.17) is 10.5 Å². The summed E-state index contributed by atoms with van der Waals surface area (Å²) in [5.74, 6) is 1.68. The van der Waals surface area contributed by atoms with E-state index in [9.17, 15) is 0 Å². The van der Waals surface area contributed by atoms with Gasteiger partial charge in [0.1, 0.15) is 5.70 Å². The number of hydrogen-bond acceptors (Lipinski definition) is 7. The van der Waals surface area contributed by atoms with Crippen LogP contribution in [0.15, 0.2) is 66.8 Å². The third kappa shape index (κ3) is 3.20. The van der Waals surface area contributed by atoms with Crippen LogP contribution in [0.25, 0.3) is 5.70 Å². The molecule has 0 atom stereocenters. The van der Waals surface area contributed by atoms with E-state index in [1.807, 2.05) is 42.5 Å². The molecular weight excluding hydrogens is 316 g/mol. The molecule has 3 aromatic rings. The lowest BCUT2D eigenvalue weighted by atomic mass is 10.3. The van der Waals surface area contributed by atoms with Gasteiger partial charge in [-0.15, -0.1) is 0 Å². The quantitative estimate of drug-likeness (QED) is 0.675. The molecule has 4 rings (SSSR count). The minimum absolute atomic E-state index is 0.416. The SMILES string of the molecule is N/C(=C1\Nc2ccccc2O1)c1ccnc(NCc2ccccn2)n1. The summed E-state index contributed by atoms with van der Waals surface area (Å²) in [5.41, 5.74) is 8.99. The smallest absolute Gasteiger partial charge is 0.223 e. The van der Waals surface area contributed by atoms with Crippen LogP contribution in [0.2, 0.25) is 0 Å². The number of benzene rings is 1. The fourth-order valence-electron chi connectivity index (χ4n) is 2.42. The maximum atomic E-state index is 6.22. The molecule has 0 saturated carbocycles. The number of rotatable bonds is 4. The Hall–Kier alpha value is -3.61. The van der Waals surface area contributed by atoms with E-state index >= 15 is 0 Å². The molecule has 0 saturated heterocycles. The summed E-state index contributed by atoms with van der Waals surface area (Å²) in [6.45, 7) is 0.529. The van der Waals surface area contributed by atoms with Crippen LogP contribution < -0.4 is 21.1 Å². The molecule has 0 aliphatic carbocycles. The van der Waals surface area contributed by atoms with Gasteiger partial charge in [-0.05, 0) is 30.3 Å². The second kappa shape index (κ2) is 6.48. The van der Waals surface area contributed by atoms with Crippen molar-refractivity contribution in [1.82, 2.24) is 15.0 Å². The van der Waals surface area contributed by atoms with Gasteiger partial charge < -0.3 is 21.1 Å². The van der Waals surface area contributed by atoms with Crippen molar-refractivity contribution in [2.24, 2.45) is 5.73 Å². The van der Waals surface area contributed by atoms with Crippen LogP contribution >= 0.6 is 0 Å². The van der Waals surface area contributed by atoms with E-state index in [1.54, 1.807) is 18.5 Å². The number of fused-ring (bicyclic) bond motifs is 1. The molecule has 2 aromatic heterocycles. The fraction of sp³-hybridized carbons (Fsp3) is 0.0556. The van der Waals surface area contributed by atoms with Crippen molar-refractivity contribution in [2.75, 3.05) is 10.6 Å². The number of para-hydroxylation sites is 2. The summed E-state index contributed by atoms with van der Waals surface area (Å²) < 4.78 is 5.74. The number of nitrogens with one attached hydrogen (secondary N) is 2. The minimum Gasteiger partial charge on any atom is -0.437 e. The molecule has 0 spiro atoms. The van der Waals surface area contributed by atoms with E-state index < -0.39 is 0 Å². The summed E-state index contributed by atoms with van der Waals surface area (Å²) >= 11 is 0. The maximum Gasteiger partial charge on any atom is 0.223 e. The third-order valence-electron chi connectivity index (χ3n) is 3.68. The van der Waals surface area contributed by atoms with Crippen LogP contribution in [-0.2, 0) is 6.54 Å². The first-order valence-corrected chi connectivity index (χ1v) is 7.80. The number of aromatic nitrogens is 3. The highest BCUT2D eigenvalue weighted by Gasteiger charge is 2.20. The van der Waals surface area contributed by atoms with Gasteiger partial charge in [-0.3, -0.25) is 4.98 Å². The van der Waals surface area contributed by atoms with Gasteiger partial charge in [-0.1, -0.05) is 18.2 Å². The number of pyridine rings is 1. The van der Waals surface area contributed by atoms with E-state index in [2.05, 4.69) is 25.6 Å². The van der Waals surface area contributed by atoms with E-state index in [-0.39, 0.29) is 0 Å². The number of nitrogens with zero attached hydrogens (tertiary/aromatic N) is 3. The van der Waals surface area contributed by atoms with E-state index in [1.165, 1.54) is 0 Å². The van der Waals surface area contributed by atoms with Gasteiger partial charge in [0.15, 0.2) is 5.75 Å². The molecule has 25 heavy (non-hydrogen) atoms. The average Bonchev–Trinajstić information content (AvgIpc) is 3.11. The Bertz CT molecular complexity index is 899. The van der Waals surface area contributed by atoms with Crippen LogP contribution in [0.1, 0.15) is 11.4 Å². The van der Waals surface area contributed by atoms with Crippen LogP contribution in [0.5, 0.6) is 5.75 Å². The zero-order valence-corrected chi connectivity index (χ0v) is 13.3. The van der Waals surface area contributed by atoms with Crippen LogP contribution in [0, 0.1) is 0 Å². The lowest BCUT2D eigenvalue weighted by Gasteiger charge is -2.08. The first-order valence-electron chi connectivity index (χ1n) is 7.80. The molecule has 4 N–H and O–H groups in total. The molecule has 0 radical (unpaired) electrons. The highest BCUT2D eigenvalue weighted by Crippen LogP contribution is 2.34. The monoisotopic (exact) mass is 332 g/mol. The third-order valence-corrected chi connectivity index (χ3v) is 3.68. The number of ether oxygens (including phenoxy) is 1. The molecule has 3 heterocycles. The fourth-order valence-corrected chi connectivity index (χ4v) is 2.42. The summed E-state index contributed by atoms with van der Waals surface area (Å²) in [6.07, 6.45) is 3.40. The summed E-state index contributed by atoms with van der Waals surface area (Å²) in [4.78, 5) is 12.9. The summed E-state index contributed by atoms with van der Waals surface area (Å²) in [5, 5.41) is 6.29. The van der Waals surface area contributed by atoms with Gasteiger partial charge in [0.2, 0.25) is 11.8 Å². The first-order chi connectivity index (χ1) is 12.3. The molecule has 0 unspecified atom stereocenters. The lowest BCUT2D eigenvalue weighted by Crippen LogP contribution is -2.12. The Morgan fingerprint density at radius 1 is 1.04 bits per heavy atom. The zero-order chi connectivity index (χ0) is 17.1. The first kappa shape index (κ1) is 14.9. The van der Waals surface area contributed by atoms with E-state index in [0.717, 1.165) is 17.1 Å². The van der Waals surface area contributed by atoms with Crippen molar-refractivity contribution in [3.8, 4) is 5.75 Å². The second-order valence-electron chi connectivity index (χ2n) is 5.41. The zero-order valence-electron chi connectivity index (χ0n) is 13.3. The van der Waals surface area contributed by atoms with Crippen molar-refractivity contribution >= 4 is 17.3 Å². The molecular formula is C18H16N6O. The Morgan fingerprint density at radius 2 is 1.92 bits per heavy atom. The number of nitrogens with two attached hydrogens (primary N) is 1. The van der Waals surface area contributed by atoms with Gasteiger partial charge in [0, 0.05) is 12.4 Å².